The van der Waals surface area contributed by atoms with Crippen molar-refractivity contribution in [2.24, 2.45) is 5.92 Å². The Labute approximate surface area is 141 Å². The first-order valence-corrected chi connectivity index (χ1v) is 8.37. The molecule has 1 unspecified atom stereocenters. The third kappa shape index (κ3) is 3.93. The van der Waals surface area contributed by atoms with Crippen molar-refractivity contribution in [1.82, 2.24) is 14.7 Å². The fourth-order valence-corrected chi connectivity index (χ4v) is 2.94. The number of nitrogens with zero attached hydrogens (tertiary/aromatic N) is 3. The number of aromatic nitrogens is 2. The number of benzene rings is 1. The van der Waals surface area contributed by atoms with Gasteiger partial charge in [0.25, 0.3) is 5.91 Å². The molecule has 1 aromatic heterocycles. The van der Waals surface area contributed by atoms with E-state index in [0.717, 1.165) is 32.5 Å². The third-order valence-corrected chi connectivity index (χ3v) is 4.37. The number of rotatable bonds is 6. The summed E-state index contributed by atoms with van der Waals surface area (Å²) in [6.07, 6.45) is 3.69. The van der Waals surface area contributed by atoms with Gasteiger partial charge in [0.1, 0.15) is 17.3 Å². The summed E-state index contributed by atoms with van der Waals surface area (Å²) in [5.74, 6) is 0.844. The molecule has 1 aliphatic heterocycles. The first-order valence-electron chi connectivity index (χ1n) is 8.37. The predicted octanol–water partition coefficient (Wildman–Crippen LogP) is 2.97. The molecule has 1 saturated heterocycles. The van der Waals surface area contributed by atoms with Gasteiger partial charge in [0.2, 0.25) is 0 Å². The number of hydrogen-bond donors (Lipinski definition) is 0. The zero-order valence-corrected chi connectivity index (χ0v) is 13.8. The molecule has 1 fully saturated rings. The van der Waals surface area contributed by atoms with Crippen LogP contribution in [0.1, 0.15) is 30.3 Å². The molecule has 0 spiro atoms. The summed E-state index contributed by atoms with van der Waals surface area (Å²) in [5.41, 5.74) is 0.514. The zero-order chi connectivity index (χ0) is 16.9. The fourth-order valence-electron chi connectivity index (χ4n) is 2.94. The van der Waals surface area contributed by atoms with Crippen molar-refractivity contribution in [3.63, 3.8) is 0 Å². The number of carbonyl (C=O) groups is 1. The molecule has 1 amide bonds. The van der Waals surface area contributed by atoms with E-state index in [1.165, 1.54) is 12.1 Å². The van der Waals surface area contributed by atoms with E-state index in [1.807, 2.05) is 18.0 Å². The smallest absolute Gasteiger partial charge is 0.274 e. The first-order chi connectivity index (χ1) is 11.7. The highest BCUT2D eigenvalue weighted by atomic mass is 19.1. The Morgan fingerprint density at radius 1 is 1.33 bits per heavy atom. The van der Waals surface area contributed by atoms with E-state index in [2.05, 4.69) is 5.10 Å². The van der Waals surface area contributed by atoms with E-state index >= 15 is 0 Å². The summed E-state index contributed by atoms with van der Waals surface area (Å²) in [4.78, 5) is 14.3. The minimum Gasteiger partial charge on any atom is -0.494 e. The Bertz CT molecular complexity index is 684. The van der Waals surface area contributed by atoms with Gasteiger partial charge < -0.3 is 9.64 Å². The van der Waals surface area contributed by atoms with E-state index in [-0.39, 0.29) is 11.7 Å². The minimum atomic E-state index is -0.266. The highest BCUT2D eigenvalue weighted by Gasteiger charge is 2.27. The monoisotopic (exact) mass is 331 g/mol. The van der Waals surface area contributed by atoms with Gasteiger partial charge in [-0.25, -0.2) is 4.39 Å². The van der Waals surface area contributed by atoms with Crippen molar-refractivity contribution in [3.05, 3.63) is 48.0 Å². The second-order valence-electron chi connectivity index (χ2n) is 6.05. The average molecular weight is 331 g/mol. The Morgan fingerprint density at radius 3 is 2.83 bits per heavy atom. The minimum absolute atomic E-state index is 0.00385. The van der Waals surface area contributed by atoms with Crippen LogP contribution in [0.15, 0.2) is 36.5 Å². The number of likely N-dealkylation sites (tertiary alicyclic amines) is 1. The lowest BCUT2D eigenvalue weighted by Crippen LogP contribution is -2.29. The number of ether oxygens (including phenoxy) is 1. The molecule has 0 N–H and O–H groups in total. The van der Waals surface area contributed by atoms with E-state index in [9.17, 15) is 9.18 Å². The molecule has 6 heteroatoms. The van der Waals surface area contributed by atoms with E-state index in [1.54, 1.807) is 22.9 Å². The predicted molar refractivity (Wildman–Crippen MR) is 88.4 cm³/mol. The molecular weight excluding hydrogens is 309 g/mol. The van der Waals surface area contributed by atoms with Gasteiger partial charge in [0.15, 0.2) is 0 Å². The van der Waals surface area contributed by atoms with Crippen molar-refractivity contribution in [1.29, 1.82) is 0 Å². The molecule has 24 heavy (non-hydrogen) atoms. The molecule has 128 valence electrons. The first kappa shape index (κ1) is 16.5. The maximum Gasteiger partial charge on any atom is 0.274 e. The SMILES string of the molecule is CCn1ccc(C(=O)N2CCC(CCOc3ccc(F)cc3)C2)n1. The summed E-state index contributed by atoms with van der Waals surface area (Å²) in [5, 5.41) is 4.28. The second kappa shape index (κ2) is 7.47. The molecule has 3 rings (SSSR count). The summed E-state index contributed by atoms with van der Waals surface area (Å²) in [7, 11) is 0. The van der Waals surface area contributed by atoms with Crippen molar-refractivity contribution in [2.75, 3.05) is 19.7 Å². The van der Waals surface area contributed by atoms with Gasteiger partial charge in [-0.05, 0) is 56.0 Å². The van der Waals surface area contributed by atoms with E-state index < -0.39 is 0 Å². The van der Waals surface area contributed by atoms with Crippen LogP contribution in [0.25, 0.3) is 0 Å². The Morgan fingerprint density at radius 2 is 2.12 bits per heavy atom. The van der Waals surface area contributed by atoms with Gasteiger partial charge in [-0.3, -0.25) is 9.48 Å². The number of amides is 1. The van der Waals surface area contributed by atoms with Crippen molar-refractivity contribution in [2.45, 2.75) is 26.3 Å². The summed E-state index contributed by atoms with van der Waals surface area (Å²) < 4.78 is 20.2. The van der Waals surface area contributed by atoms with Crippen LogP contribution in [0, 0.1) is 11.7 Å². The molecule has 0 aliphatic carbocycles. The Balaban J connectivity index is 1.45. The Hall–Kier alpha value is -2.37. The van der Waals surface area contributed by atoms with Crippen LogP contribution < -0.4 is 4.74 Å². The quantitative estimate of drug-likeness (QED) is 0.817. The molecule has 1 atom stereocenters. The molecule has 5 nitrogen and oxygen atoms in total. The lowest BCUT2D eigenvalue weighted by atomic mass is 10.1. The van der Waals surface area contributed by atoms with Crippen LogP contribution >= 0.6 is 0 Å². The highest BCUT2D eigenvalue weighted by Crippen LogP contribution is 2.22. The zero-order valence-electron chi connectivity index (χ0n) is 13.8. The maximum atomic E-state index is 12.8. The molecule has 2 heterocycles. The van der Waals surface area contributed by atoms with E-state index in [4.69, 9.17) is 4.74 Å². The summed E-state index contributed by atoms with van der Waals surface area (Å²) >= 11 is 0. The molecule has 0 saturated carbocycles. The number of aryl methyl sites for hydroxylation is 1. The van der Waals surface area contributed by atoms with E-state index in [0.29, 0.717) is 24.0 Å². The second-order valence-corrected chi connectivity index (χ2v) is 6.05. The standard InChI is InChI=1S/C18H22FN3O2/c1-2-22-11-8-17(20-22)18(23)21-10-7-14(13-21)9-12-24-16-5-3-15(19)4-6-16/h3-6,8,11,14H,2,7,9-10,12-13H2,1H3. The molecule has 1 aliphatic rings. The summed E-state index contributed by atoms with van der Waals surface area (Å²) in [6, 6.07) is 7.81. The number of halogens is 1. The third-order valence-electron chi connectivity index (χ3n) is 4.37. The molecule has 1 aromatic carbocycles. The van der Waals surface area contributed by atoms with Crippen molar-refractivity contribution >= 4 is 5.91 Å². The lowest BCUT2D eigenvalue weighted by molar-refractivity contribution is 0.0778. The highest BCUT2D eigenvalue weighted by molar-refractivity contribution is 5.92. The van der Waals surface area contributed by atoms with Crippen molar-refractivity contribution in [3.8, 4) is 5.75 Å². The fraction of sp³-hybridized carbons (Fsp3) is 0.444. The van der Waals surface area contributed by atoms with Gasteiger partial charge in [0, 0.05) is 25.8 Å². The normalized spacial score (nSPS) is 17.2. The van der Waals surface area contributed by atoms with Crippen LogP contribution in [-0.4, -0.2) is 40.3 Å². The van der Waals surface area contributed by atoms with Gasteiger partial charge in [-0.2, -0.15) is 5.10 Å². The summed E-state index contributed by atoms with van der Waals surface area (Å²) in [6.45, 7) is 4.83. The van der Waals surface area contributed by atoms with Crippen LogP contribution in [0.2, 0.25) is 0 Å². The largest absolute Gasteiger partial charge is 0.494 e. The van der Waals surface area contributed by atoms with Crippen molar-refractivity contribution < 1.29 is 13.9 Å². The average Bonchev–Trinajstić information content (AvgIpc) is 3.25. The maximum absolute atomic E-state index is 12.8. The number of hydrogen-bond acceptors (Lipinski definition) is 3. The topological polar surface area (TPSA) is 47.4 Å². The van der Waals surface area contributed by atoms with Gasteiger partial charge in [-0.15, -0.1) is 0 Å². The molecule has 2 aromatic rings. The Kier molecular flexibility index (Phi) is 5.13. The molecule has 0 bridgehead atoms. The molecule has 0 radical (unpaired) electrons. The van der Waals surface area contributed by atoms with Gasteiger partial charge in [0.05, 0.1) is 6.61 Å². The lowest BCUT2D eigenvalue weighted by Gasteiger charge is -2.15. The van der Waals surface area contributed by atoms with Crippen LogP contribution in [-0.2, 0) is 6.54 Å². The molecular formula is C18H22FN3O2. The van der Waals surface area contributed by atoms with Crippen LogP contribution in [0.5, 0.6) is 5.75 Å². The van der Waals surface area contributed by atoms with Crippen LogP contribution in [0.3, 0.4) is 0 Å². The number of carbonyl (C=O) groups excluding carboxylic acids is 1. The van der Waals surface area contributed by atoms with Gasteiger partial charge in [-0.1, -0.05) is 0 Å². The van der Waals surface area contributed by atoms with Gasteiger partial charge >= 0.3 is 0 Å². The van der Waals surface area contributed by atoms with Crippen LogP contribution in [0.4, 0.5) is 4.39 Å².